The van der Waals surface area contributed by atoms with E-state index in [2.05, 4.69) is 25.9 Å². The van der Waals surface area contributed by atoms with Crippen LogP contribution in [0.15, 0.2) is 61.1 Å². The fraction of sp³-hybridized carbons (Fsp3) is 0.208. The van der Waals surface area contributed by atoms with Crippen LogP contribution in [0.1, 0.15) is 6.42 Å². The lowest BCUT2D eigenvalue weighted by Crippen LogP contribution is -2.23. The molecular weight excluding hydrogens is 432 g/mol. The molecule has 0 saturated carbocycles. The molecule has 0 aliphatic carbocycles. The molecule has 1 aliphatic heterocycles. The number of anilines is 3. The van der Waals surface area contributed by atoms with Gasteiger partial charge in [0, 0.05) is 47.7 Å². The normalized spacial score (nSPS) is 15.2. The second-order valence-corrected chi connectivity index (χ2v) is 7.96. The van der Waals surface area contributed by atoms with E-state index in [-0.39, 0.29) is 6.61 Å². The van der Waals surface area contributed by atoms with Crippen LogP contribution >= 0.6 is 0 Å². The van der Waals surface area contributed by atoms with Gasteiger partial charge in [0.1, 0.15) is 17.4 Å². The largest absolute Gasteiger partial charge is 0.484 e. The van der Waals surface area contributed by atoms with Gasteiger partial charge in [-0.05, 0) is 43.3 Å². The second kappa shape index (κ2) is 9.67. The molecule has 172 valence electrons. The molecule has 0 bridgehead atoms. The van der Waals surface area contributed by atoms with Crippen LogP contribution in [-0.2, 0) is 4.79 Å². The average Bonchev–Trinajstić information content (AvgIpc) is 3.36. The molecule has 1 saturated heterocycles. The van der Waals surface area contributed by atoms with Crippen LogP contribution in [0.4, 0.5) is 17.3 Å². The summed E-state index contributed by atoms with van der Waals surface area (Å²) in [7, 11) is 0. The number of rotatable bonds is 8. The molecule has 4 aromatic rings. The highest BCUT2D eigenvalue weighted by Gasteiger charge is 2.17. The van der Waals surface area contributed by atoms with Gasteiger partial charge < -0.3 is 26.4 Å². The second-order valence-electron chi connectivity index (χ2n) is 7.96. The summed E-state index contributed by atoms with van der Waals surface area (Å²) in [4.78, 5) is 29.2. The number of amides is 1. The number of benzene rings is 1. The summed E-state index contributed by atoms with van der Waals surface area (Å²) in [5.74, 6) is 1.99. The minimum Gasteiger partial charge on any atom is -0.484 e. The Morgan fingerprint density at radius 2 is 2.12 bits per heavy atom. The Balaban J connectivity index is 1.42. The number of nitrogens with two attached hydrogens (primary N) is 1. The molecule has 3 aromatic heterocycles. The molecule has 1 atom stereocenters. The first kappa shape index (κ1) is 21.5. The maximum Gasteiger partial charge on any atom is 0.255 e. The van der Waals surface area contributed by atoms with Crippen molar-refractivity contribution in [3.8, 4) is 17.1 Å². The Hall–Kier alpha value is -4.31. The Labute approximate surface area is 196 Å². The van der Waals surface area contributed by atoms with E-state index < -0.39 is 5.91 Å². The van der Waals surface area contributed by atoms with E-state index in [0.717, 1.165) is 47.5 Å². The van der Waals surface area contributed by atoms with Crippen LogP contribution in [0.25, 0.3) is 22.3 Å². The number of primary amides is 1. The molecule has 1 unspecified atom stereocenters. The number of nitrogens with one attached hydrogen (secondary N) is 3. The van der Waals surface area contributed by atoms with Crippen LogP contribution in [0.3, 0.4) is 0 Å². The van der Waals surface area contributed by atoms with E-state index in [1.165, 1.54) is 0 Å². The molecule has 34 heavy (non-hydrogen) atoms. The lowest BCUT2D eigenvalue weighted by Gasteiger charge is -2.15. The smallest absolute Gasteiger partial charge is 0.255 e. The van der Waals surface area contributed by atoms with Crippen LogP contribution in [0, 0.1) is 0 Å². The molecule has 1 aromatic carbocycles. The van der Waals surface area contributed by atoms with Crippen LogP contribution in [0.2, 0.25) is 0 Å². The Morgan fingerprint density at radius 3 is 2.97 bits per heavy atom. The van der Waals surface area contributed by atoms with Gasteiger partial charge >= 0.3 is 0 Å². The zero-order chi connectivity index (χ0) is 23.3. The highest BCUT2D eigenvalue weighted by atomic mass is 16.5. The molecule has 5 rings (SSSR count). The predicted molar refractivity (Wildman–Crippen MR) is 130 cm³/mol. The van der Waals surface area contributed by atoms with Crippen molar-refractivity contribution in [3.63, 3.8) is 0 Å². The summed E-state index contributed by atoms with van der Waals surface area (Å²) in [6, 6.07) is 13.2. The number of carbonyl (C=O) groups excluding carboxylic acids is 1. The highest BCUT2D eigenvalue weighted by molar-refractivity contribution is 5.90. The number of ether oxygens (including phenoxy) is 1. The number of nitrogens with zero attached hydrogens (tertiary/aromatic N) is 4. The molecule has 0 spiro atoms. The lowest BCUT2D eigenvalue weighted by molar-refractivity contribution is -0.119. The molecule has 1 aliphatic rings. The first-order chi connectivity index (χ1) is 16.6. The Bertz CT molecular complexity index is 1320. The van der Waals surface area contributed by atoms with E-state index in [1.54, 1.807) is 30.7 Å². The molecule has 1 fully saturated rings. The van der Waals surface area contributed by atoms with Crippen molar-refractivity contribution in [3.05, 3.63) is 61.1 Å². The van der Waals surface area contributed by atoms with Gasteiger partial charge in [-0.2, -0.15) is 0 Å². The molecule has 0 radical (unpaired) electrons. The zero-order valence-electron chi connectivity index (χ0n) is 18.4. The maximum atomic E-state index is 11.0. The number of hydrogen-bond donors (Lipinski definition) is 4. The summed E-state index contributed by atoms with van der Waals surface area (Å²) < 4.78 is 5.38. The van der Waals surface area contributed by atoms with E-state index in [1.807, 2.05) is 30.3 Å². The first-order valence-electron chi connectivity index (χ1n) is 11.0. The standard InChI is InChI=1S/C24H24N8O2/c25-21(33)14-34-18-3-1-2-16(11-18)29-22-10-15(4-9-28-22)23-31-20-13-27-8-6-19(20)24(32-23)30-17-5-7-26-12-17/h1-4,6,8-11,13,17,26H,5,7,12,14H2,(H2,25,33)(H,28,29)(H,30,31,32). The maximum absolute atomic E-state index is 11.0. The Morgan fingerprint density at radius 1 is 1.18 bits per heavy atom. The van der Waals surface area contributed by atoms with E-state index in [4.69, 9.17) is 20.4 Å². The van der Waals surface area contributed by atoms with Crippen molar-refractivity contribution < 1.29 is 9.53 Å². The zero-order valence-corrected chi connectivity index (χ0v) is 18.4. The van der Waals surface area contributed by atoms with Gasteiger partial charge in [0.15, 0.2) is 12.4 Å². The molecule has 10 nitrogen and oxygen atoms in total. The number of aromatic nitrogens is 4. The van der Waals surface area contributed by atoms with Crippen molar-refractivity contribution in [1.29, 1.82) is 0 Å². The highest BCUT2D eigenvalue weighted by Crippen LogP contribution is 2.27. The number of fused-ring (bicyclic) bond motifs is 1. The SMILES string of the molecule is NC(=O)COc1cccc(Nc2cc(-c3nc(NC4CCNC4)c4ccncc4n3)ccn2)c1. The van der Waals surface area contributed by atoms with Crippen molar-refractivity contribution in [2.75, 3.05) is 30.3 Å². The van der Waals surface area contributed by atoms with Crippen LogP contribution < -0.4 is 26.4 Å². The summed E-state index contributed by atoms with van der Waals surface area (Å²) in [6.45, 7) is 1.71. The molecule has 5 N–H and O–H groups in total. The molecule has 4 heterocycles. The quantitative estimate of drug-likeness (QED) is 0.315. The third-order valence-corrected chi connectivity index (χ3v) is 5.41. The van der Waals surface area contributed by atoms with Gasteiger partial charge in [-0.15, -0.1) is 0 Å². The fourth-order valence-electron chi connectivity index (χ4n) is 3.79. The monoisotopic (exact) mass is 456 g/mol. The van der Waals surface area contributed by atoms with Gasteiger partial charge in [0.25, 0.3) is 5.91 Å². The van der Waals surface area contributed by atoms with E-state index in [9.17, 15) is 4.79 Å². The number of hydrogen-bond acceptors (Lipinski definition) is 9. The molecule has 1 amide bonds. The lowest BCUT2D eigenvalue weighted by atomic mass is 10.2. The van der Waals surface area contributed by atoms with Gasteiger partial charge in [-0.25, -0.2) is 15.0 Å². The third-order valence-electron chi connectivity index (χ3n) is 5.41. The topological polar surface area (TPSA) is 140 Å². The van der Waals surface area contributed by atoms with E-state index >= 15 is 0 Å². The number of pyridine rings is 2. The molecule has 10 heteroatoms. The van der Waals surface area contributed by atoms with Gasteiger partial charge in [-0.1, -0.05) is 6.07 Å². The molecular formula is C24H24N8O2. The van der Waals surface area contributed by atoms with E-state index in [0.29, 0.717) is 23.4 Å². The van der Waals surface area contributed by atoms with Gasteiger partial charge in [0.2, 0.25) is 0 Å². The van der Waals surface area contributed by atoms with Crippen molar-refractivity contribution in [1.82, 2.24) is 25.3 Å². The summed E-state index contributed by atoms with van der Waals surface area (Å²) >= 11 is 0. The average molecular weight is 457 g/mol. The minimum atomic E-state index is -0.531. The van der Waals surface area contributed by atoms with Gasteiger partial charge in [0.05, 0.1) is 11.7 Å². The Kier molecular flexibility index (Phi) is 6.13. The summed E-state index contributed by atoms with van der Waals surface area (Å²) in [5.41, 5.74) is 7.49. The fourth-order valence-corrected chi connectivity index (χ4v) is 3.79. The minimum absolute atomic E-state index is 0.182. The van der Waals surface area contributed by atoms with Gasteiger partial charge in [-0.3, -0.25) is 9.78 Å². The van der Waals surface area contributed by atoms with Crippen LogP contribution in [0.5, 0.6) is 5.75 Å². The predicted octanol–water partition coefficient (Wildman–Crippen LogP) is 2.47. The summed E-state index contributed by atoms with van der Waals surface area (Å²) in [5, 5.41) is 11.1. The number of carbonyl (C=O) groups is 1. The third kappa shape index (κ3) is 5.02. The summed E-state index contributed by atoms with van der Waals surface area (Å²) in [6.07, 6.45) is 6.24. The van der Waals surface area contributed by atoms with Crippen molar-refractivity contribution in [2.45, 2.75) is 12.5 Å². The van der Waals surface area contributed by atoms with Crippen LogP contribution in [-0.4, -0.2) is 51.6 Å². The first-order valence-corrected chi connectivity index (χ1v) is 11.0. The van der Waals surface area contributed by atoms with Crippen molar-refractivity contribution in [2.24, 2.45) is 5.73 Å². The van der Waals surface area contributed by atoms with Crippen molar-refractivity contribution >= 4 is 34.1 Å².